The summed E-state index contributed by atoms with van der Waals surface area (Å²) in [7, 11) is 0. The van der Waals surface area contributed by atoms with Crippen molar-refractivity contribution in [3.05, 3.63) is 28.8 Å². The Balaban J connectivity index is 0.00000176. The second-order valence-corrected chi connectivity index (χ2v) is 5.36. The number of amides is 1. The molecule has 0 saturated heterocycles. The van der Waals surface area contributed by atoms with Crippen LogP contribution in [-0.2, 0) is 10.3 Å². The highest BCUT2D eigenvalue weighted by molar-refractivity contribution is 6.30. The molecule has 7 heteroatoms. The van der Waals surface area contributed by atoms with Crippen LogP contribution in [0.25, 0.3) is 0 Å². The van der Waals surface area contributed by atoms with Crippen molar-refractivity contribution in [2.24, 2.45) is 5.92 Å². The van der Waals surface area contributed by atoms with Crippen molar-refractivity contribution >= 4 is 23.4 Å². The lowest BCUT2D eigenvalue weighted by Crippen LogP contribution is -2.49. The summed E-state index contributed by atoms with van der Waals surface area (Å²) in [6.07, 6.45) is -4.54. The van der Waals surface area contributed by atoms with E-state index in [1.807, 2.05) is 0 Å². The van der Waals surface area contributed by atoms with Gasteiger partial charge in [0.05, 0.1) is 5.69 Å². The third-order valence-corrected chi connectivity index (χ3v) is 3.51. The number of anilines is 1. The standard InChI is InChI=1S/C14H9ClF3NO2.H2/c15-9-3-4-11-10(7-9)13(14(16,17)18,21-12(20)19-11)6-5-8-1-2-8;/h3-4,7-8H,1-2H2,(H,19,20);1H/t13-;/m0./s1. The fourth-order valence-electron chi connectivity index (χ4n) is 2.05. The van der Waals surface area contributed by atoms with Crippen LogP contribution in [0.3, 0.4) is 0 Å². The molecule has 112 valence electrons. The lowest BCUT2D eigenvalue weighted by molar-refractivity contribution is -0.239. The maximum absolute atomic E-state index is 13.6. The van der Waals surface area contributed by atoms with E-state index in [2.05, 4.69) is 21.9 Å². The zero-order chi connectivity index (χ0) is 15.3. The van der Waals surface area contributed by atoms with E-state index in [0.717, 1.165) is 18.9 Å². The van der Waals surface area contributed by atoms with Gasteiger partial charge in [0.15, 0.2) is 0 Å². The number of halogens is 4. The van der Waals surface area contributed by atoms with E-state index < -0.39 is 17.9 Å². The van der Waals surface area contributed by atoms with Gasteiger partial charge in [-0.15, -0.1) is 0 Å². The van der Waals surface area contributed by atoms with Gasteiger partial charge in [0.1, 0.15) is 0 Å². The molecule has 1 heterocycles. The number of alkyl halides is 3. The molecule has 1 aliphatic carbocycles. The van der Waals surface area contributed by atoms with Crippen molar-refractivity contribution in [2.75, 3.05) is 5.32 Å². The van der Waals surface area contributed by atoms with Gasteiger partial charge in [-0.05, 0) is 37.0 Å². The van der Waals surface area contributed by atoms with Crippen LogP contribution in [0.15, 0.2) is 18.2 Å². The number of carbonyl (C=O) groups excluding carboxylic acids is 1. The highest BCUT2D eigenvalue weighted by Crippen LogP contribution is 2.48. The number of carbonyl (C=O) groups is 1. The summed E-state index contributed by atoms with van der Waals surface area (Å²) in [6, 6.07) is 3.81. The Morgan fingerprint density at radius 3 is 2.76 bits per heavy atom. The molecule has 0 aromatic heterocycles. The van der Waals surface area contributed by atoms with Gasteiger partial charge < -0.3 is 4.74 Å². The second kappa shape index (κ2) is 4.57. The van der Waals surface area contributed by atoms with Gasteiger partial charge in [0, 0.05) is 17.9 Å². The van der Waals surface area contributed by atoms with E-state index in [-0.39, 0.29) is 23.6 Å². The van der Waals surface area contributed by atoms with Crippen LogP contribution < -0.4 is 5.32 Å². The van der Waals surface area contributed by atoms with E-state index in [4.69, 9.17) is 11.6 Å². The molecule has 3 nitrogen and oxygen atoms in total. The Hall–Kier alpha value is -1.87. The molecule has 1 fully saturated rings. The van der Waals surface area contributed by atoms with Crippen molar-refractivity contribution < 1.29 is 24.1 Å². The maximum Gasteiger partial charge on any atom is 0.445 e. The lowest BCUT2D eigenvalue weighted by Gasteiger charge is -2.35. The number of ether oxygens (including phenoxy) is 1. The third kappa shape index (κ3) is 2.42. The van der Waals surface area contributed by atoms with Crippen LogP contribution in [0.4, 0.5) is 23.7 Å². The van der Waals surface area contributed by atoms with E-state index in [9.17, 15) is 18.0 Å². The van der Waals surface area contributed by atoms with Gasteiger partial charge in [-0.25, -0.2) is 4.79 Å². The molecule has 1 aromatic rings. The quantitative estimate of drug-likeness (QED) is 0.724. The monoisotopic (exact) mass is 317 g/mol. The number of fused-ring (bicyclic) bond motifs is 1. The molecular weight excluding hydrogens is 307 g/mol. The van der Waals surface area contributed by atoms with Gasteiger partial charge in [-0.3, -0.25) is 5.32 Å². The topological polar surface area (TPSA) is 38.3 Å². The molecule has 0 bridgehead atoms. The summed E-state index contributed by atoms with van der Waals surface area (Å²) in [5, 5.41) is 2.34. The summed E-state index contributed by atoms with van der Waals surface area (Å²) in [4.78, 5) is 11.5. The Labute approximate surface area is 124 Å². The van der Waals surface area contributed by atoms with Crippen molar-refractivity contribution in [1.82, 2.24) is 0 Å². The third-order valence-electron chi connectivity index (χ3n) is 3.27. The summed E-state index contributed by atoms with van der Waals surface area (Å²) >= 11 is 5.78. The maximum atomic E-state index is 13.6. The molecule has 21 heavy (non-hydrogen) atoms. The number of benzene rings is 1. The summed E-state index contributed by atoms with van der Waals surface area (Å²) in [5.41, 5.74) is -3.27. The molecule has 1 saturated carbocycles. The van der Waals surface area contributed by atoms with Gasteiger partial charge >= 0.3 is 12.3 Å². The molecular formula is C14H11ClF3NO2. The summed E-state index contributed by atoms with van der Waals surface area (Å²) in [6.45, 7) is 0. The van der Waals surface area contributed by atoms with Crippen LogP contribution in [0.5, 0.6) is 0 Å². The molecule has 0 unspecified atom stereocenters. The molecule has 1 aromatic carbocycles. The minimum Gasteiger partial charge on any atom is -0.415 e. The van der Waals surface area contributed by atoms with E-state index in [1.165, 1.54) is 12.1 Å². The first-order valence-electron chi connectivity index (χ1n) is 6.21. The average molecular weight is 318 g/mol. The number of nitrogens with one attached hydrogen (secondary N) is 1. The largest absolute Gasteiger partial charge is 0.445 e. The Morgan fingerprint density at radius 1 is 1.43 bits per heavy atom. The van der Waals surface area contributed by atoms with E-state index >= 15 is 0 Å². The zero-order valence-corrected chi connectivity index (χ0v) is 11.3. The Morgan fingerprint density at radius 2 is 2.14 bits per heavy atom. The Bertz CT molecular complexity index is 679. The fourth-order valence-corrected chi connectivity index (χ4v) is 2.22. The predicted octanol–water partition coefficient (Wildman–Crippen LogP) is 4.32. The highest BCUT2D eigenvalue weighted by atomic mass is 35.5. The Kier molecular flexibility index (Phi) is 3.06. The molecule has 1 N–H and O–H groups in total. The number of rotatable bonds is 0. The van der Waals surface area contributed by atoms with Crippen molar-refractivity contribution in [2.45, 2.75) is 24.6 Å². The second-order valence-electron chi connectivity index (χ2n) is 4.93. The molecule has 2 aliphatic rings. The van der Waals surface area contributed by atoms with Crippen LogP contribution in [0.1, 0.15) is 19.8 Å². The summed E-state index contributed by atoms with van der Waals surface area (Å²) < 4.78 is 45.4. The van der Waals surface area contributed by atoms with Crippen LogP contribution >= 0.6 is 11.6 Å². The van der Waals surface area contributed by atoms with Crippen molar-refractivity contribution in [3.63, 3.8) is 0 Å². The first kappa shape index (κ1) is 14.1. The molecule has 1 atom stereocenters. The highest BCUT2D eigenvalue weighted by Gasteiger charge is 2.62. The zero-order valence-electron chi connectivity index (χ0n) is 10.6. The molecule has 1 aliphatic heterocycles. The van der Waals surface area contributed by atoms with Gasteiger partial charge in [-0.2, -0.15) is 13.2 Å². The smallest absolute Gasteiger partial charge is 0.415 e. The normalized spacial score (nSPS) is 24.3. The van der Waals surface area contributed by atoms with Crippen LogP contribution in [-0.4, -0.2) is 12.3 Å². The number of hydrogen-bond acceptors (Lipinski definition) is 2. The fraction of sp³-hybridized carbons (Fsp3) is 0.357. The van der Waals surface area contributed by atoms with Crippen LogP contribution in [0.2, 0.25) is 5.02 Å². The minimum atomic E-state index is -4.87. The van der Waals surface area contributed by atoms with Gasteiger partial charge in [0.2, 0.25) is 0 Å². The van der Waals surface area contributed by atoms with E-state index in [1.54, 1.807) is 0 Å². The average Bonchev–Trinajstić information content (AvgIpc) is 3.19. The van der Waals surface area contributed by atoms with Crippen LogP contribution in [0, 0.1) is 17.8 Å². The number of hydrogen-bond donors (Lipinski definition) is 1. The van der Waals surface area contributed by atoms with Crippen molar-refractivity contribution in [1.29, 1.82) is 0 Å². The number of cyclic esters (lactones) is 1. The predicted molar refractivity (Wildman–Crippen MR) is 71.9 cm³/mol. The minimum absolute atomic E-state index is 0. The molecule has 0 radical (unpaired) electrons. The van der Waals surface area contributed by atoms with Gasteiger partial charge in [0.25, 0.3) is 5.60 Å². The van der Waals surface area contributed by atoms with E-state index in [0.29, 0.717) is 0 Å². The SMILES string of the molecule is O=C1Nc2ccc(Cl)cc2[C@@](C#CC2CC2)(C(F)(F)F)O1.[HH]. The van der Waals surface area contributed by atoms with Gasteiger partial charge in [-0.1, -0.05) is 17.5 Å². The first-order chi connectivity index (χ1) is 9.82. The van der Waals surface area contributed by atoms with Crippen molar-refractivity contribution in [3.8, 4) is 11.8 Å². The lowest BCUT2D eigenvalue weighted by atomic mass is 9.90. The first-order valence-corrected chi connectivity index (χ1v) is 6.59. The molecule has 1 amide bonds. The molecule has 0 spiro atoms. The summed E-state index contributed by atoms with van der Waals surface area (Å²) in [5.74, 6) is 4.60. The molecule has 3 rings (SSSR count).